The van der Waals surface area contributed by atoms with Gasteiger partial charge in [-0.15, -0.1) is 0 Å². The van der Waals surface area contributed by atoms with Crippen LogP contribution in [0.2, 0.25) is 0 Å². The average Bonchev–Trinajstić information content (AvgIpc) is 2.03. The molecule has 72 valence electrons. The maximum absolute atomic E-state index is 10.8. The first-order valence-corrected chi connectivity index (χ1v) is 6.00. The van der Waals surface area contributed by atoms with E-state index in [0.717, 1.165) is 19.3 Å². The molecule has 1 aliphatic carbocycles. The van der Waals surface area contributed by atoms with Gasteiger partial charge in [-0.25, -0.2) is 0 Å². The molecule has 0 aromatic heterocycles. The van der Waals surface area contributed by atoms with E-state index in [4.69, 9.17) is 4.55 Å². The summed E-state index contributed by atoms with van der Waals surface area (Å²) in [6.45, 7) is 2.07. The predicted molar refractivity (Wildman–Crippen MR) is 47.6 cm³/mol. The van der Waals surface area contributed by atoms with Crippen LogP contribution in [-0.2, 0) is 10.1 Å². The Morgan fingerprint density at radius 1 is 1.42 bits per heavy atom. The minimum absolute atomic E-state index is 0.490. The molecule has 3 nitrogen and oxygen atoms in total. The van der Waals surface area contributed by atoms with Crippen LogP contribution in [0, 0.1) is 5.92 Å². The summed E-state index contributed by atoms with van der Waals surface area (Å²) in [6.07, 6.45) is 4.35. The van der Waals surface area contributed by atoms with E-state index >= 15 is 0 Å². The first-order chi connectivity index (χ1) is 5.54. The zero-order valence-electron chi connectivity index (χ0n) is 7.36. The van der Waals surface area contributed by atoms with E-state index in [1.807, 2.05) is 0 Å². The van der Waals surface area contributed by atoms with Crippen LogP contribution in [0.25, 0.3) is 0 Å². The molecular weight excluding hydrogens is 176 g/mol. The molecule has 1 N–H and O–H groups in total. The van der Waals surface area contributed by atoms with Gasteiger partial charge in [0.2, 0.25) is 0 Å². The third-order valence-corrected chi connectivity index (χ3v) is 4.00. The maximum atomic E-state index is 10.8. The van der Waals surface area contributed by atoms with Gasteiger partial charge in [0.05, 0.1) is 5.25 Å². The van der Waals surface area contributed by atoms with Crippen LogP contribution in [0.5, 0.6) is 0 Å². The summed E-state index contributed by atoms with van der Waals surface area (Å²) in [6, 6.07) is 0. The molecule has 2 atom stereocenters. The van der Waals surface area contributed by atoms with Gasteiger partial charge >= 0.3 is 0 Å². The Labute approximate surface area is 73.9 Å². The van der Waals surface area contributed by atoms with Crippen LogP contribution in [0.4, 0.5) is 0 Å². The highest BCUT2D eigenvalue weighted by atomic mass is 32.2. The lowest BCUT2D eigenvalue weighted by molar-refractivity contribution is 0.334. The average molecular weight is 192 g/mol. The smallest absolute Gasteiger partial charge is 0.267 e. The summed E-state index contributed by atoms with van der Waals surface area (Å²) < 4.78 is 30.4. The molecule has 1 saturated carbocycles. The van der Waals surface area contributed by atoms with Crippen LogP contribution < -0.4 is 0 Å². The van der Waals surface area contributed by atoms with Crippen molar-refractivity contribution in [2.75, 3.05) is 0 Å². The molecule has 12 heavy (non-hydrogen) atoms. The second-order valence-electron chi connectivity index (χ2n) is 3.58. The number of hydrogen-bond acceptors (Lipinski definition) is 2. The van der Waals surface area contributed by atoms with Crippen molar-refractivity contribution >= 4 is 10.1 Å². The summed E-state index contributed by atoms with van der Waals surface area (Å²) >= 11 is 0. The molecule has 0 spiro atoms. The van der Waals surface area contributed by atoms with E-state index in [2.05, 4.69) is 6.92 Å². The first kappa shape index (κ1) is 9.99. The van der Waals surface area contributed by atoms with Crippen molar-refractivity contribution in [3.8, 4) is 0 Å². The molecule has 0 aromatic rings. The first-order valence-electron chi connectivity index (χ1n) is 4.50. The minimum atomic E-state index is -3.77. The monoisotopic (exact) mass is 192 g/mol. The molecule has 1 fully saturated rings. The molecule has 2 unspecified atom stereocenters. The van der Waals surface area contributed by atoms with Crippen molar-refractivity contribution in [1.29, 1.82) is 0 Å². The minimum Gasteiger partial charge on any atom is -0.285 e. The second-order valence-corrected chi connectivity index (χ2v) is 5.27. The summed E-state index contributed by atoms with van der Waals surface area (Å²) in [5, 5.41) is -0.490. The van der Waals surface area contributed by atoms with Gasteiger partial charge in [-0.3, -0.25) is 4.55 Å². The maximum Gasteiger partial charge on any atom is 0.267 e. The highest BCUT2D eigenvalue weighted by Crippen LogP contribution is 2.29. The lowest BCUT2D eigenvalue weighted by atomic mass is 9.87. The van der Waals surface area contributed by atoms with Crippen molar-refractivity contribution < 1.29 is 13.0 Å². The van der Waals surface area contributed by atoms with Gasteiger partial charge in [0.25, 0.3) is 10.1 Å². The fourth-order valence-electron chi connectivity index (χ4n) is 1.88. The molecule has 1 aliphatic rings. The van der Waals surface area contributed by atoms with Gasteiger partial charge in [0.15, 0.2) is 0 Å². The molecule has 1 rings (SSSR count). The fraction of sp³-hybridized carbons (Fsp3) is 1.00. The second kappa shape index (κ2) is 3.75. The van der Waals surface area contributed by atoms with Crippen LogP contribution >= 0.6 is 0 Å². The number of rotatable bonds is 2. The van der Waals surface area contributed by atoms with Gasteiger partial charge in [-0.1, -0.05) is 26.2 Å². The molecule has 0 amide bonds. The van der Waals surface area contributed by atoms with Crippen molar-refractivity contribution in [3.05, 3.63) is 0 Å². The van der Waals surface area contributed by atoms with Crippen molar-refractivity contribution in [2.24, 2.45) is 5.92 Å². The Bertz CT molecular complexity index is 233. The largest absolute Gasteiger partial charge is 0.285 e. The van der Waals surface area contributed by atoms with E-state index in [9.17, 15) is 8.42 Å². The van der Waals surface area contributed by atoms with Crippen LogP contribution in [0.1, 0.15) is 39.0 Å². The third-order valence-electron chi connectivity index (χ3n) is 2.73. The summed E-state index contributed by atoms with van der Waals surface area (Å²) in [7, 11) is -3.77. The van der Waals surface area contributed by atoms with Crippen LogP contribution in [-0.4, -0.2) is 18.2 Å². The fourth-order valence-corrected chi connectivity index (χ4v) is 2.86. The SMILES string of the molecule is CCC1CCCC(S(=O)(=O)O)C1. The molecule has 0 heterocycles. The zero-order chi connectivity index (χ0) is 9.19. The van der Waals surface area contributed by atoms with E-state index in [-0.39, 0.29) is 0 Å². The van der Waals surface area contributed by atoms with Crippen molar-refractivity contribution in [3.63, 3.8) is 0 Å². The lowest BCUT2D eigenvalue weighted by Gasteiger charge is -2.25. The summed E-state index contributed by atoms with van der Waals surface area (Å²) in [5.74, 6) is 0.491. The van der Waals surface area contributed by atoms with Gasteiger partial charge in [0.1, 0.15) is 0 Å². The van der Waals surface area contributed by atoms with Gasteiger partial charge in [0, 0.05) is 0 Å². The van der Waals surface area contributed by atoms with Gasteiger partial charge in [-0.2, -0.15) is 8.42 Å². The lowest BCUT2D eigenvalue weighted by Crippen LogP contribution is -2.27. The molecule has 0 aromatic carbocycles. The van der Waals surface area contributed by atoms with Crippen molar-refractivity contribution in [1.82, 2.24) is 0 Å². The third kappa shape index (κ3) is 2.45. The molecule has 0 radical (unpaired) electrons. The zero-order valence-corrected chi connectivity index (χ0v) is 8.18. The molecule has 0 aliphatic heterocycles. The Hall–Kier alpha value is -0.0900. The molecule has 0 saturated heterocycles. The summed E-state index contributed by atoms with van der Waals surface area (Å²) in [5.41, 5.74) is 0. The quantitative estimate of drug-likeness (QED) is 0.679. The van der Waals surface area contributed by atoms with Gasteiger partial charge in [-0.05, 0) is 18.8 Å². The topological polar surface area (TPSA) is 54.4 Å². The Morgan fingerprint density at radius 2 is 2.08 bits per heavy atom. The molecule has 0 bridgehead atoms. The van der Waals surface area contributed by atoms with E-state index in [0.29, 0.717) is 18.8 Å². The highest BCUT2D eigenvalue weighted by Gasteiger charge is 2.29. The Balaban J connectivity index is 2.58. The van der Waals surface area contributed by atoms with E-state index in [1.165, 1.54) is 0 Å². The molecular formula is C8H16O3S. The van der Waals surface area contributed by atoms with E-state index in [1.54, 1.807) is 0 Å². The van der Waals surface area contributed by atoms with E-state index < -0.39 is 15.4 Å². The standard InChI is InChI=1S/C8H16O3S/c1-2-7-4-3-5-8(6-7)12(9,10)11/h7-8H,2-6H2,1H3,(H,9,10,11). The highest BCUT2D eigenvalue weighted by molar-refractivity contribution is 7.86. The van der Waals surface area contributed by atoms with Crippen LogP contribution in [0.15, 0.2) is 0 Å². The van der Waals surface area contributed by atoms with Gasteiger partial charge < -0.3 is 0 Å². The molecule has 4 heteroatoms. The summed E-state index contributed by atoms with van der Waals surface area (Å²) in [4.78, 5) is 0. The Morgan fingerprint density at radius 3 is 2.58 bits per heavy atom. The van der Waals surface area contributed by atoms with Crippen molar-refractivity contribution in [2.45, 2.75) is 44.3 Å². The predicted octanol–water partition coefficient (Wildman–Crippen LogP) is 1.84. The van der Waals surface area contributed by atoms with Crippen LogP contribution in [0.3, 0.4) is 0 Å². The number of hydrogen-bond donors (Lipinski definition) is 1. The Kier molecular flexibility index (Phi) is 3.12. The normalized spacial score (nSPS) is 31.8.